The predicted octanol–water partition coefficient (Wildman–Crippen LogP) is 2.16. The number of anilines is 1. The normalized spacial score (nSPS) is 16.4. The van der Waals surface area contributed by atoms with Crippen molar-refractivity contribution in [1.29, 1.82) is 0 Å². The number of rotatable bonds is 6. The molecule has 3 aromatic rings. The molecule has 1 unspecified atom stereocenters. The van der Waals surface area contributed by atoms with Gasteiger partial charge in [-0.25, -0.2) is 14.8 Å². The van der Waals surface area contributed by atoms with Gasteiger partial charge in [0.1, 0.15) is 17.8 Å². The molecule has 0 saturated carbocycles. The zero-order chi connectivity index (χ0) is 19.5. The van der Waals surface area contributed by atoms with Crippen molar-refractivity contribution < 1.29 is 14.6 Å². The molecule has 0 bridgehead atoms. The Labute approximate surface area is 162 Å². The van der Waals surface area contributed by atoms with Crippen LogP contribution in [-0.2, 0) is 4.74 Å². The van der Waals surface area contributed by atoms with Crippen LogP contribution in [0.5, 0.6) is 0 Å². The molecule has 1 atom stereocenters. The third-order valence-electron chi connectivity index (χ3n) is 5.23. The molecule has 1 aliphatic heterocycles. The highest BCUT2D eigenvalue weighted by Gasteiger charge is 2.17. The number of aliphatic hydroxyl groups is 1. The molecule has 3 N–H and O–H groups in total. The zero-order valence-electron chi connectivity index (χ0n) is 15.9. The van der Waals surface area contributed by atoms with Crippen LogP contribution in [0.2, 0.25) is 0 Å². The van der Waals surface area contributed by atoms with Crippen LogP contribution in [-0.4, -0.2) is 70.3 Å². The molecular weight excluding hydrogens is 358 g/mol. The summed E-state index contributed by atoms with van der Waals surface area (Å²) in [7, 11) is 1.36. The highest BCUT2D eigenvalue weighted by Crippen LogP contribution is 2.29. The van der Waals surface area contributed by atoms with Crippen molar-refractivity contribution >= 4 is 33.7 Å². The van der Waals surface area contributed by atoms with Gasteiger partial charge in [-0.15, -0.1) is 0 Å². The second-order valence-corrected chi connectivity index (χ2v) is 7.22. The van der Waals surface area contributed by atoms with Crippen molar-refractivity contribution in [3.05, 3.63) is 30.1 Å². The molecule has 0 aliphatic carbocycles. The first-order valence-corrected chi connectivity index (χ1v) is 9.65. The Kier molecular flexibility index (Phi) is 5.40. The quantitative estimate of drug-likeness (QED) is 0.561. The number of esters is 1. The van der Waals surface area contributed by atoms with Gasteiger partial charge in [0.25, 0.3) is 0 Å². The smallest absolute Gasteiger partial charge is 0.337 e. The molecule has 0 amide bonds. The molecule has 1 aliphatic rings. The Morgan fingerprint density at radius 1 is 1.32 bits per heavy atom. The van der Waals surface area contributed by atoms with E-state index in [-0.39, 0.29) is 5.97 Å². The SMILES string of the molecule is COC(=O)c1ccc2c(c1)[nH]c1ncnc(NCC(O)CN3CCCCC3)c12. The molecular formula is C20H25N5O3. The maximum absolute atomic E-state index is 11.8. The molecule has 2 aromatic heterocycles. The summed E-state index contributed by atoms with van der Waals surface area (Å²) in [5.74, 6) is 0.283. The Balaban J connectivity index is 1.54. The van der Waals surface area contributed by atoms with Gasteiger partial charge < -0.3 is 25.0 Å². The van der Waals surface area contributed by atoms with Crippen LogP contribution in [0.15, 0.2) is 24.5 Å². The molecule has 1 aromatic carbocycles. The van der Waals surface area contributed by atoms with E-state index in [0.29, 0.717) is 30.1 Å². The number of nitrogens with zero attached hydrogens (tertiary/aromatic N) is 3. The van der Waals surface area contributed by atoms with Gasteiger partial charge in [-0.05, 0) is 38.1 Å². The van der Waals surface area contributed by atoms with Crippen molar-refractivity contribution in [1.82, 2.24) is 19.9 Å². The van der Waals surface area contributed by atoms with Crippen LogP contribution in [0.25, 0.3) is 21.9 Å². The predicted molar refractivity (Wildman–Crippen MR) is 108 cm³/mol. The number of ether oxygens (including phenoxy) is 1. The van der Waals surface area contributed by atoms with E-state index in [1.54, 1.807) is 12.1 Å². The molecule has 1 fully saturated rings. The number of hydrogen-bond acceptors (Lipinski definition) is 7. The third kappa shape index (κ3) is 3.79. The summed E-state index contributed by atoms with van der Waals surface area (Å²) < 4.78 is 4.79. The van der Waals surface area contributed by atoms with E-state index in [1.807, 2.05) is 6.07 Å². The standard InChI is InChI=1S/C20H25N5O3/c1-28-20(27)13-5-6-15-16(9-13)24-19-17(15)18(22-12-23-19)21-10-14(26)11-25-7-3-2-4-8-25/h5-6,9,12,14,26H,2-4,7-8,10-11H2,1H3,(H2,21,22,23,24). The Bertz CT molecular complexity index is 981. The third-order valence-corrected chi connectivity index (χ3v) is 5.23. The van der Waals surface area contributed by atoms with Crippen LogP contribution in [0.4, 0.5) is 5.82 Å². The number of nitrogens with one attached hydrogen (secondary N) is 2. The summed E-state index contributed by atoms with van der Waals surface area (Å²) in [6.07, 6.45) is 4.70. The first-order chi connectivity index (χ1) is 13.7. The van der Waals surface area contributed by atoms with E-state index in [1.165, 1.54) is 32.7 Å². The lowest BCUT2D eigenvalue weighted by atomic mass is 10.1. The number of likely N-dealkylation sites (tertiary alicyclic amines) is 1. The van der Waals surface area contributed by atoms with E-state index < -0.39 is 6.10 Å². The van der Waals surface area contributed by atoms with E-state index >= 15 is 0 Å². The van der Waals surface area contributed by atoms with E-state index in [4.69, 9.17) is 4.74 Å². The fourth-order valence-corrected chi connectivity index (χ4v) is 3.83. The lowest BCUT2D eigenvalue weighted by molar-refractivity contribution is 0.0601. The Morgan fingerprint density at radius 2 is 2.14 bits per heavy atom. The lowest BCUT2D eigenvalue weighted by Gasteiger charge is -2.28. The maximum Gasteiger partial charge on any atom is 0.337 e. The summed E-state index contributed by atoms with van der Waals surface area (Å²) in [4.78, 5) is 26.0. The number of methoxy groups -OCH3 is 1. The van der Waals surface area contributed by atoms with Crippen LogP contribution >= 0.6 is 0 Å². The maximum atomic E-state index is 11.8. The highest BCUT2D eigenvalue weighted by atomic mass is 16.5. The number of carbonyl (C=O) groups is 1. The number of H-pyrrole nitrogens is 1. The van der Waals surface area contributed by atoms with Gasteiger partial charge in [0.05, 0.1) is 24.2 Å². The monoisotopic (exact) mass is 383 g/mol. The first kappa shape index (κ1) is 18.6. The van der Waals surface area contributed by atoms with Crippen molar-refractivity contribution in [3.8, 4) is 0 Å². The molecule has 0 spiro atoms. The Hall–Kier alpha value is -2.71. The number of β-amino-alcohol motifs (C(OH)–C–C–N with tert-alkyl or cyclic N) is 1. The molecule has 8 heteroatoms. The van der Waals surface area contributed by atoms with Crippen molar-refractivity contribution in [2.45, 2.75) is 25.4 Å². The number of carbonyl (C=O) groups excluding carboxylic acids is 1. The number of benzene rings is 1. The molecule has 4 rings (SSSR count). The van der Waals surface area contributed by atoms with Gasteiger partial charge in [0.2, 0.25) is 0 Å². The number of aromatic amines is 1. The average molecular weight is 383 g/mol. The van der Waals surface area contributed by atoms with Crippen molar-refractivity contribution in [3.63, 3.8) is 0 Å². The highest BCUT2D eigenvalue weighted by molar-refractivity contribution is 6.12. The number of aliphatic hydroxyl groups excluding tert-OH is 1. The van der Waals surface area contributed by atoms with Crippen molar-refractivity contribution in [2.24, 2.45) is 0 Å². The lowest BCUT2D eigenvalue weighted by Crippen LogP contribution is -2.39. The summed E-state index contributed by atoms with van der Waals surface area (Å²) in [6.45, 7) is 3.19. The second kappa shape index (κ2) is 8.12. The summed E-state index contributed by atoms with van der Waals surface area (Å²) in [6, 6.07) is 5.33. The number of fused-ring (bicyclic) bond motifs is 3. The average Bonchev–Trinajstić information content (AvgIpc) is 3.10. The molecule has 0 radical (unpaired) electrons. The molecule has 28 heavy (non-hydrogen) atoms. The second-order valence-electron chi connectivity index (χ2n) is 7.22. The van der Waals surface area contributed by atoms with Crippen LogP contribution in [0, 0.1) is 0 Å². The molecule has 148 valence electrons. The molecule has 8 nitrogen and oxygen atoms in total. The first-order valence-electron chi connectivity index (χ1n) is 9.65. The minimum Gasteiger partial charge on any atom is -0.465 e. The van der Waals surface area contributed by atoms with E-state index in [2.05, 4.69) is 25.2 Å². The number of hydrogen-bond donors (Lipinski definition) is 3. The summed E-state index contributed by atoms with van der Waals surface area (Å²) in [5, 5.41) is 15.4. The topological polar surface area (TPSA) is 103 Å². The van der Waals surface area contributed by atoms with Crippen LogP contribution in [0.3, 0.4) is 0 Å². The summed E-state index contributed by atoms with van der Waals surface area (Å²) >= 11 is 0. The van der Waals surface area contributed by atoms with Gasteiger partial charge in [-0.1, -0.05) is 12.5 Å². The largest absolute Gasteiger partial charge is 0.465 e. The molecule has 1 saturated heterocycles. The van der Waals surface area contributed by atoms with E-state index in [0.717, 1.165) is 29.4 Å². The minimum atomic E-state index is -0.473. The minimum absolute atomic E-state index is 0.383. The van der Waals surface area contributed by atoms with Crippen LogP contribution < -0.4 is 5.32 Å². The van der Waals surface area contributed by atoms with Gasteiger partial charge in [0, 0.05) is 24.0 Å². The van der Waals surface area contributed by atoms with Gasteiger partial charge in [0.15, 0.2) is 0 Å². The zero-order valence-corrected chi connectivity index (χ0v) is 15.9. The van der Waals surface area contributed by atoms with Gasteiger partial charge in [-0.2, -0.15) is 0 Å². The molecule has 3 heterocycles. The summed E-state index contributed by atoms with van der Waals surface area (Å²) in [5.41, 5.74) is 1.94. The Morgan fingerprint density at radius 3 is 2.93 bits per heavy atom. The van der Waals surface area contributed by atoms with Crippen LogP contribution in [0.1, 0.15) is 29.6 Å². The fourth-order valence-electron chi connectivity index (χ4n) is 3.83. The fraction of sp³-hybridized carbons (Fsp3) is 0.450. The van der Waals surface area contributed by atoms with E-state index in [9.17, 15) is 9.90 Å². The van der Waals surface area contributed by atoms with Gasteiger partial charge in [-0.3, -0.25) is 0 Å². The van der Waals surface area contributed by atoms with Gasteiger partial charge >= 0.3 is 5.97 Å². The number of aromatic nitrogens is 3. The van der Waals surface area contributed by atoms with Crippen molar-refractivity contribution in [2.75, 3.05) is 38.6 Å². The number of piperidine rings is 1.